The predicted molar refractivity (Wildman–Crippen MR) is 73.8 cm³/mol. The Balaban J connectivity index is 1.73. The summed E-state index contributed by atoms with van der Waals surface area (Å²) >= 11 is 0. The molecule has 0 amide bonds. The molecule has 0 saturated heterocycles. The average molecular weight is 267 g/mol. The maximum Gasteiger partial charge on any atom is 0.125 e. The van der Waals surface area contributed by atoms with E-state index >= 15 is 0 Å². The van der Waals surface area contributed by atoms with Crippen molar-refractivity contribution in [3.8, 4) is 0 Å². The topological polar surface area (TPSA) is 41.5 Å². The van der Waals surface area contributed by atoms with Crippen molar-refractivity contribution in [3.63, 3.8) is 0 Å². The molecule has 1 aromatic rings. The van der Waals surface area contributed by atoms with Crippen molar-refractivity contribution in [1.82, 2.24) is 0 Å². The lowest BCUT2D eigenvalue weighted by Gasteiger charge is -2.17. The first-order valence-corrected chi connectivity index (χ1v) is 6.95. The minimum absolute atomic E-state index is 0.273. The van der Waals surface area contributed by atoms with Crippen LogP contribution in [0.1, 0.15) is 31.2 Å². The second kappa shape index (κ2) is 6.87. The molecule has 1 saturated carbocycles. The molecule has 1 fully saturated rings. The van der Waals surface area contributed by atoms with Gasteiger partial charge in [-0.1, -0.05) is 18.9 Å². The van der Waals surface area contributed by atoms with Crippen LogP contribution >= 0.6 is 0 Å². The number of nitrogens with one attached hydrogen (secondary N) is 1. The molecule has 2 rings (SSSR count). The zero-order valence-corrected chi connectivity index (χ0v) is 11.4. The molecule has 1 aliphatic carbocycles. The Morgan fingerprint density at radius 3 is 2.89 bits per heavy atom. The van der Waals surface area contributed by atoms with Crippen molar-refractivity contribution in [2.45, 2.75) is 44.8 Å². The molecule has 0 radical (unpaired) electrons. The Morgan fingerprint density at radius 2 is 2.16 bits per heavy atom. The first-order chi connectivity index (χ1) is 9.15. The summed E-state index contributed by atoms with van der Waals surface area (Å²) < 4.78 is 18.7. The van der Waals surface area contributed by atoms with E-state index in [0.717, 1.165) is 24.1 Å². The van der Waals surface area contributed by atoms with Crippen LogP contribution in [0.4, 0.5) is 10.1 Å². The summed E-state index contributed by atoms with van der Waals surface area (Å²) in [6, 6.07) is 4.60. The fourth-order valence-electron chi connectivity index (χ4n) is 2.37. The molecule has 4 heteroatoms. The van der Waals surface area contributed by atoms with Crippen molar-refractivity contribution < 1.29 is 14.2 Å². The number of anilines is 1. The fraction of sp³-hybridized carbons (Fsp3) is 0.600. The Morgan fingerprint density at radius 1 is 1.42 bits per heavy atom. The van der Waals surface area contributed by atoms with E-state index in [4.69, 9.17) is 4.74 Å². The highest BCUT2D eigenvalue weighted by molar-refractivity contribution is 5.50. The van der Waals surface area contributed by atoms with E-state index in [0.29, 0.717) is 19.3 Å². The van der Waals surface area contributed by atoms with Gasteiger partial charge in [0.25, 0.3) is 0 Å². The monoisotopic (exact) mass is 267 g/mol. The molecule has 0 spiro atoms. The Hall–Kier alpha value is -1.13. The zero-order valence-electron chi connectivity index (χ0n) is 11.4. The van der Waals surface area contributed by atoms with Gasteiger partial charge < -0.3 is 15.2 Å². The number of aliphatic hydroxyl groups is 1. The molecule has 19 heavy (non-hydrogen) atoms. The van der Waals surface area contributed by atoms with Gasteiger partial charge >= 0.3 is 0 Å². The largest absolute Gasteiger partial charge is 0.389 e. The third kappa shape index (κ3) is 4.48. The normalized spacial score (nSPS) is 17.6. The first kappa shape index (κ1) is 14.3. The highest BCUT2D eigenvalue weighted by atomic mass is 19.1. The molecule has 0 aliphatic heterocycles. The standard InChI is InChI=1S/C15H22FNO2/c1-11-6-7-12(16)8-15(11)17-9-13(18)10-19-14-4-2-3-5-14/h6-8,13-14,17-18H,2-5,9-10H2,1H3. The van der Waals surface area contributed by atoms with Crippen LogP contribution in [0, 0.1) is 12.7 Å². The maximum atomic E-state index is 13.1. The average Bonchev–Trinajstić information content (AvgIpc) is 2.90. The molecule has 106 valence electrons. The number of halogens is 1. The molecule has 1 aromatic carbocycles. The van der Waals surface area contributed by atoms with Crippen LogP contribution in [0.5, 0.6) is 0 Å². The van der Waals surface area contributed by atoms with Crippen molar-refractivity contribution >= 4 is 5.69 Å². The summed E-state index contributed by atoms with van der Waals surface area (Å²) in [5.74, 6) is -0.273. The quantitative estimate of drug-likeness (QED) is 0.832. The second-order valence-corrected chi connectivity index (χ2v) is 5.23. The molecule has 0 bridgehead atoms. The second-order valence-electron chi connectivity index (χ2n) is 5.23. The molecule has 1 unspecified atom stereocenters. The number of aryl methyl sites for hydroxylation is 1. The number of hydrogen-bond donors (Lipinski definition) is 2. The van der Waals surface area contributed by atoms with Crippen LogP contribution in [0.15, 0.2) is 18.2 Å². The van der Waals surface area contributed by atoms with Crippen molar-refractivity contribution in [1.29, 1.82) is 0 Å². The van der Waals surface area contributed by atoms with Crippen molar-refractivity contribution in [2.75, 3.05) is 18.5 Å². The predicted octanol–water partition coefficient (Wildman–Crippen LogP) is 2.87. The van der Waals surface area contributed by atoms with Crippen LogP contribution in [0.2, 0.25) is 0 Å². The molecular weight excluding hydrogens is 245 g/mol. The van der Waals surface area contributed by atoms with Gasteiger partial charge in [0, 0.05) is 12.2 Å². The third-order valence-corrected chi connectivity index (χ3v) is 3.55. The molecular formula is C15H22FNO2. The van der Waals surface area contributed by atoms with E-state index in [1.165, 1.54) is 25.0 Å². The highest BCUT2D eigenvalue weighted by Gasteiger charge is 2.16. The van der Waals surface area contributed by atoms with Crippen LogP contribution < -0.4 is 5.32 Å². The summed E-state index contributed by atoms with van der Waals surface area (Å²) in [4.78, 5) is 0. The van der Waals surface area contributed by atoms with Gasteiger partial charge in [0.05, 0.1) is 18.8 Å². The van der Waals surface area contributed by atoms with Gasteiger partial charge in [-0.3, -0.25) is 0 Å². The lowest BCUT2D eigenvalue weighted by Crippen LogP contribution is -2.27. The molecule has 1 atom stereocenters. The van der Waals surface area contributed by atoms with Gasteiger partial charge in [-0.05, 0) is 37.5 Å². The maximum absolute atomic E-state index is 13.1. The van der Waals surface area contributed by atoms with Gasteiger partial charge in [-0.15, -0.1) is 0 Å². The summed E-state index contributed by atoms with van der Waals surface area (Å²) in [7, 11) is 0. The number of benzene rings is 1. The van der Waals surface area contributed by atoms with Crippen LogP contribution in [0.3, 0.4) is 0 Å². The van der Waals surface area contributed by atoms with Crippen molar-refractivity contribution in [3.05, 3.63) is 29.6 Å². The van der Waals surface area contributed by atoms with E-state index in [2.05, 4.69) is 5.32 Å². The Kier molecular flexibility index (Phi) is 5.16. The smallest absolute Gasteiger partial charge is 0.125 e. The number of rotatable bonds is 6. The Bertz CT molecular complexity index is 405. The Labute approximate surface area is 113 Å². The van der Waals surface area contributed by atoms with E-state index < -0.39 is 6.10 Å². The highest BCUT2D eigenvalue weighted by Crippen LogP contribution is 2.21. The molecule has 0 heterocycles. The summed E-state index contributed by atoms with van der Waals surface area (Å²) in [6.07, 6.45) is 4.39. The van der Waals surface area contributed by atoms with Gasteiger partial charge in [-0.2, -0.15) is 0 Å². The minimum atomic E-state index is -0.566. The van der Waals surface area contributed by atoms with Gasteiger partial charge in [-0.25, -0.2) is 4.39 Å². The van der Waals surface area contributed by atoms with E-state index in [1.54, 1.807) is 6.07 Å². The van der Waals surface area contributed by atoms with Gasteiger partial charge in [0.2, 0.25) is 0 Å². The lowest BCUT2D eigenvalue weighted by atomic mass is 10.2. The van der Waals surface area contributed by atoms with Crippen molar-refractivity contribution in [2.24, 2.45) is 0 Å². The van der Waals surface area contributed by atoms with E-state index in [9.17, 15) is 9.50 Å². The van der Waals surface area contributed by atoms with E-state index in [1.807, 2.05) is 6.92 Å². The SMILES string of the molecule is Cc1ccc(F)cc1NCC(O)COC1CCCC1. The minimum Gasteiger partial charge on any atom is -0.389 e. The first-order valence-electron chi connectivity index (χ1n) is 6.95. The lowest BCUT2D eigenvalue weighted by molar-refractivity contribution is -0.00117. The van der Waals surface area contributed by atoms with Gasteiger partial charge in [0.1, 0.15) is 5.82 Å². The number of ether oxygens (including phenoxy) is 1. The zero-order chi connectivity index (χ0) is 13.7. The van der Waals surface area contributed by atoms with Crippen LogP contribution in [0.25, 0.3) is 0 Å². The summed E-state index contributed by atoms with van der Waals surface area (Å²) in [5, 5.41) is 12.9. The summed E-state index contributed by atoms with van der Waals surface area (Å²) in [6.45, 7) is 2.62. The molecule has 3 nitrogen and oxygen atoms in total. The molecule has 0 aromatic heterocycles. The van der Waals surface area contributed by atoms with Crippen LogP contribution in [-0.2, 0) is 4.74 Å². The fourth-order valence-corrected chi connectivity index (χ4v) is 2.37. The molecule has 1 aliphatic rings. The van der Waals surface area contributed by atoms with Crippen LogP contribution in [-0.4, -0.2) is 30.5 Å². The number of aliphatic hydroxyl groups excluding tert-OH is 1. The van der Waals surface area contributed by atoms with E-state index in [-0.39, 0.29) is 5.82 Å². The summed E-state index contributed by atoms with van der Waals surface area (Å²) in [5.41, 5.74) is 1.69. The number of hydrogen-bond acceptors (Lipinski definition) is 3. The molecule has 2 N–H and O–H groups in total. The van der Waals surface area contributed by atoms with Gasteiger partial charge in [0.15, 0.2) is 0 Å². The third-order valence-electron chi connectivity index (χ3n) is 3.55.